The van der Waals surface area contributed by atoms with Crippen LogP contribution in [0.4, 0.5) is 0 Å². The number of nitrogens with zero attached hydrogens (tertiary/aromatic N) is 2. The van der Waals surface area contributed by atoms with Crippen LogP contribution in [0.25, 0.3) is 0 Å². The first-order chi connectivity index (χ1) is 7.83. The smallest absolute Gasteiger partial charge is 0.0766 e. The molecular weight excluding hydrogens is 278 g/mol. The van der Waals surface area contributed by atoms with E-state index < -0.39 is 0 Å². The highest BCUT2D eigenvalue weighted by atomic mass is 79.9. The molecule has 0 aliphatic carbocycles. The van der Waals surface area contributed by atoms with Crippen molar-refractivity contribution in [2.45, 2.75) is 59.5 Å². The largest absolute Gasteiger partial charge is 0.325 e. The number of aryl methyl sites for hydroxylation is 2. The Morgan fingerprint density at radius 1 is 1.41 bits per heavy atom. The topological polar surface area (TPSA) is 43.8 Å². The molecule has 0 aromatic carbocycles. The van der Waals surface area contributed by atoms with Crippen molar-refractivity contribution in [3.63, 3.8) is 0 Å². The van der Waals surface area contributed by atoms with Crippen molar-refractivity contribution < 1.29 is 0 Å². The molecule has 0 saturated carbocycles. The second-order valence-corrected chi connectivity index (χ2v) is 6.01. The van der Waals surface area contributed by atoms with Gasteiger partial charge in [0, 0.05) is 18.5 Å². The molecular formula is C13H24BrN3. The molecule has 4 heteroatoms. The quantitative estimate of drug-likeness (QED) is 0.908. The van der Waals surface area contributed by atoms with Gasteiger partial charge in [-0.1, -0.05) is 20.8 Å². The highest BCUT2D eigenvalue weighted by Crippen LogP contribution is 2.27. The van der Waals surface area contributed by atoms with Crippen molar-refractivity contribution >= 4 is 15.9 Å². The second kappa shape index (κ2) is 5.53. The van der Waals surface area contributed by atoms with Crippen LogP contribution in [0, 0.1) is 5.92 Å². The fourth-order valence-electron chi connectivity index (χ4n) is 1.75. The van der Waals surface area contributed by atoms with Gasteiger partial charge in [-0.05, 0) is 42.1 Å². The van der Waals surface area contributed by atoms with Gasteiger partial charge < -0.3 is 5.73 Å². The van der Waals surface area contributed by atoms with Gasteiger partial charge in [-0.25, -0.2) is 0 Å². The highest BCUT2D eigenvalue weighted by molar-refractivity contribution is 9.10. The molecule has 0 aliphatic heterocycles. The van der Waals surface area contributed by atoms with E-state index in [1.165, 1.54) is 5.69 Å². The lowest BCUT2D eigenvalue weighted by molar-refractivity contribution is 0.328. The van der Waals surface area contributed by atoms with Gasteiger partial charge in [0.1, 0.15) is 0 Å². The van der Waals surface area contributed by atoms with Crippen LogP contribution < -0.4 is 5.73 Å². The summed E-state index contributed by atoms with van der Waals surface area (Å²) in [5, 5.41) is 4.60. The lowest BCUT2D eigenvalue weighted by Crippen LogP contribution is -2.44. The molecule has 0 amide bonds. The van der Waals surface area contributed by atoms with Crippen LogP contribution in [0.5, 0.6) is 0 Å². The van der Waals surface area contributed by atoms with E-state index in [1.54, 1.807) is 0 Å². The van der Waals surface area contributed by atoms with E-state index in [4.69, 9.17) is 5.73 Å². The number of halogens is 1. The zero-order chi connectivity index (χ0) is 13.2. The predicted molar refractivity (Wildman–Crippen MR) is 76.1 cm³/mol. The monoisotopic (exact) mass is 301 g/mol. The van der Waals surface area contributed by atoms with E-state index >= 15 is 0 Å². The lowest BCUT2D eigenvalue weighted by atomic mass is 9.85. The molecule has 0 fully saturated rings. The molecule has 0 saturated heterocycles. The Morgan fingerprint density at radius 3 is 2.41 bits per heavy atom. The van der Waals surface area contributed by atoms with Crippen molar-refractivity contribution in [3.05, 3.63) is 15.9 Å². The van der Waals surface area contributed by atoms with Crippen molar-refractivity contribution in [1.29, 1.82) is 0 Å². The zero-order valence-corrected chi connectivity index (χ0v) is 13.1. The van der Waals surface area contributed by atoms with E-state index in [0.29, 0.717) is 5.92 Å². The second-order valence-electron chi connectivity index (χ2n) is 5.21. The number of nitrogens with two attached hydrogens (primary N) is 1. The van der Waals surface area contributed by atoms with Crippen LogP contribution in [0.3, 0.4) is 0 Å². The van der Waals surface area contributed by atoms with Crippen LogP contribution in [0.2, 0.25) is 0 Å². The van der Waals surface area contributed by atoms with Gasteiger partial charge >= 0.3 is 0 Å². The molecule has 0 spiro atoms. The van der Waals surface area contributed by atoms with Gasteiger partial charge in [0.15, 0.2) is 0 Å². The summed E-state index contributed by atoms with van der Waals surface area (Å²) in [6.07, 6.45) is 1.80. The fraction of sp³-hybridized carbons (Fsp3) is 0.769. The Labute approximate surface area is 113 Å². The van der Waals surface area contributed by atoms with Gasteiger partial charge in [-0.2, -0.15) is 5.10 Å². The average molecular weight is 302 g/mol. The first kappa shape index (κ1) is 14.7. The van der Waals surface area contributed by atoms with Crippen LogP contribution in [0.15, 0.2) is 4.47 Å². The average Bonchev–Trinajstić information content (AvgIpc) is 2.55. The molecule has 1 atom stereocenters. The van der Waals surface area contributed by atoms with E-state index in [-0.39, 0.29) is 5.54 Å². The maximum Gasteiger partial charge on any atom is 0.0766 e. The molecule has 1 unspecified atom stereocenters. The Bertz CT molecular complexity index is 380. The van der Waals surface area contributed by atoms with Gasteiger partial charge in [0.2, 0.25) is 0 Å². The van der Waals surface area contributed by atoms with Crippen molar-refractivity contribution in [1.82, 2.24) is 9.78 Å². The summed E-state index contributed by atoms with van der Waals surface area (Å²) in [5.41, 5.74) is 8.53. The molecule has 3 nitrogen and oxygen atoms in total. The van der Waals surface area contributed by atoms with Crippen LogP contribution in [0.1, 0.15) is 46.0 Å². The molecule has 1 rings (SSSR count). The van der Waals surface area contributed by atoms with Crippen LogP contribution in [-0.2, 0) is 19.4 Å². The molecule has 1 aromatic rings. The summed E-state index contributed by atoms with van der Waals surface area (Å²) >= 11 is 3.67. The van der Waals surface area contributed by atoms with Gasteiger partial charge in [0.25, 0.3) is 0 Å². The van der Waals surface area contributed by atoms with Crippen molar-refractivity contribution in [3.8, 4) is 0 Å². The minimum absolute atomic E-state index is 0.194. The summed E-state index contributed by atoms with van der Waals surface area (Å²) < 4.78 is 3.20. The minimum atomic E-state index is -0.194. The SMILES string of the molecule is CCc1nn(CC)c(CC(C)(N)C(C)C)c1Br. The standard InChI is InChI=1S/C13H24BrN3/c1-6-10-12(14)11(17(7-2)16-10)8-13(5,15)9(3)4/h9H,6-8,15H2,1-5H3. The Balaban J connectivity index is 3.09. The molecule has 1 aromatic heterocycles. The number of hydrogen-bond acceptors (Lipinski definition) is 2. The predicted octanol–water partition coefficient (Wildman–Crippen LogP) is 3.14. The van der Waals surface area contributed by atoms with E-state index in [0.717, 1.165) is 29.6 Å². The maximum atomic E-state index is 6.37. The molecule has 0 aliphatic rings. The zero-order valence-electron chi connectivity index (χ0n) is 11.5. The van der Waals surface area contributed by atoms with E-state index in [2.05, 4.69) is 60.3 Å². The van der Waals surface area contributed by atoms with Gasteiger partial charge in [0.05, 0.1) is 15.9 Å². The molecule has 2 N–H and O–H groups in total. The van der Waals surface area contributed by atoms with E-state index in [1.807, 2.05) is 0 Å². The normalized spacial score (nSPS) is 15.3. The summed E-state index contributed by atoms with van der Waals surface area (Å²) in [5.74, 6) is 0.444. The molecule has 0 radical (unpaired) electrons. The van der Waals surface area contributed by atoms with Crippen molar-refractivity contribution in [2.75, 3.05) is 0 Å². The summed E-state index contributed by atoms with van der Waals surface area (Å²) in [6, 6.07) is 0. The summed E-state index contributed by atoms with van der Waals surface area (Å²) in [7, 11) is 0. The molecule has 0 bridgehead atoms. The summed E-state index contributed by atoms with van der Waals surface area (Å²) in [4.78, 5) is 0. The third kappa shape index (κ3) is 3.10. The Kier molecular flexibility index (Phi) is 4.78. The van der Waals surface area contributed by atoms with Crippen LogP contribution >= 0.6 is 15.9 Å². The number of aromatic nitrogens is 2. The first-order valence-corrected chi connectivity index (χ1v) is 7.15. The van der Waals surface area contributed by atoms with Crippen molar-refractivity contribution in [2.24, 2.45) is 11.7 Å². The number of rotatable bonds is 5. The molecule has 98 valence electrons. The minimum Gasteiger partial charge on any atom is -0.325 e. The number of hydrogen-bond donors (Lipinski definition) is 1. The first-order valence-electron chi connectivity index (χ1n) is 6.36. The molecule has 17 heavy (non-hydrogen) atoms. The Hall–Kier alpha value is -0.350. The highest BCUT2D eigenvalue weighted by Gasteiger charge is 2.27. The van der Waals surface area contributed by atoms with Gasteiger partial charge in [-0.3, -0.25) is 4.68 Å². The maximum absolute atomic E-state index is 6.37. The third-order valence-electron chi connectivity index (χ3n) is 3.56. The van der Waals surface area contributed by atoms with E-state index in [9.17, 15) is 0 Å². The fourth-order valence-corrected chi connectivity index (χ4v) is 2.46. The lowest BCUT2D eigenvalue weighted by Gasteiger charge is -2.29. The summed E-state index contributed by atoms with van der Waals surface area (Å²) in [6.45, 7) is 11.6. The molecule has 1 heterocycles. The third-order valence-corrected chi connectivity index (χ3v) is 4.48. The van der Waals surface area contributed by atoms with Crippen LogP contribution in [-0.4, -0.2) is 15.3 Å². The Morgan fingerprint density at radius 2 is 2.00 bits per heavy atom. The van der Waals surface area contributed by atoms with Gasteiger partial charge in [-0.15, -0.1) is 0 Å².